The number of benzene rings is 1. The van der Waals surface area contributed by atoms with Crippen molar-refractivity contribution in [1.29, 1.82) is 0 Å². The van der Waals surface area contributed by atoms with E-state index in [1.807, 2.05) is 31.2 Å². The SMILES string of the molecule is CC(NC(=O)C1CC2CCCCC2N1)c1cccc(Cl)c1.Cl. The molecule has 2 aliphatic rings. The lowest BCUT2D eigenvalue weighted by molar-refractivity contribution is -0.123. The van der Waals surface area contributed by atoms with E-state index in [0.29, 0.717) is 17.0 Å². The molecule has 3 rings (SSSR count). The molecule has 122 valence electrons. The van der Waals surface area contributed by atoms with Crippen LogP contribution in [0.2, 0.25) is 5.02 Å². The van der Waals surface area contributed by atoms with Crippen LogP contribution in [-0.4, -0.2) is 18.0 Å². The van der Waals surface area contributed by atoms with Gasteiger partial charge in [-0.05, 0) is 49.8 Å². The molecule has 1 saturated carbocycles. The normalized spacial score (nSPS) is 28.4. The number of amides is 1. The Morgan fingerprint density at radius 3 is 2.86 bits per heavy atom. The first-order valence-corrected chi connectivity index (χ1v) is 8.33. The van der Waals surface area contributed by atoms with Crippen LogP contribution in [0.25, 0.3) is 0 Å². The number of rotatable bonds is 3. The summed E-state index contributed by atoms with van der Waals surface area (Å²) in [5.41, 5.74) is 1.05. The Labute approximate surface area is 143 Å². The molecule has 4 atom stereocenters. The lowest BCUT2D eigenvalue weighted by atomic mass is 9.85. The fraction of sp³-hybridized carbons (Fsp3) is 0.588. The summed E-state index contributed by atoms with van der Waals surface area (Å²) in [6.45, 7) is 2.01. The van der Waals surface area contributed by atoms with Gasteiger partial charge < -0.3 is 10.6 Å². The molecule has 2 N–H and O–H groups in total. The van der Waals surface area contributed by atoms with Gasteiger partial charge in [0.1, 0.15) is 0 Å². The molecule has 0 radical (unpaired) electrons. The van der Waals surface area contributed by atoms with Gasteiger partial charge in [0.2, 0.25) is 5.91 Å². The van der Waals surface area contributed by atoms with E-state index >= 15 is 0 Å². The van der Waals surface area contributed by atoms with E-state index in [2.05, 4.69) is 10.6 Å². The Kier molecular flexibility index (Phi) is 6.13. The molecule has 1 saturated heterocycles. The van der Waals surface area contributed by atoms with Crippen LogP contribution in [0.3, 0.4) is 0 Å². The molecule has 22 heavy (non-hydrogen) atoms. The maximum atomic E-state index is 12.5. The highest BCUT2D eigenvalue weighted by atomic mass is 35.5. The van der Waals surface area contributed by atoms with Gasteiger partial charge in [0.25, 0.3) is 0 Å². The first kappa shape index (κ1) is 17.6. The van der Waals surface area contributed by atoms with Crippen LogP contribution in [-0.2, 0) is 4.79 Å². The minimum absolute atomic E-state index is 0. The molecular formula is C17H24Cl2N2O. The third-order valence-electron chi connectivity index (χ3n) is 4.89. The third-order valence-corrected chi connectivity index (χ3v) is 5.12. The van der Waals surface area contributed by atoms with Gasteiger partial charge in [0.15, 0.2) is 0 Å². The Hall–Kier alpha value is -0.770. The number of carbonyl (C=O) groups excluding carboxylic acids is 1. The zero-order chi connectivity index (χ0) is 14.8. The Bertz CT molecular complexity index is 509. The molecule has 1 amide bonds. The highest BCUT2D eigenvalue weighted by molar-refractivity contribution is 6.30. The summed E-state index contributed by atoms with van der Waals surface area (Å²) in [4.78, 5) is 12.5. The largest absolute Gasteiger partial charge is 0.348 e. The summed E-state index contributed by atoms with van der Waals surface area (Å²) >= 11 is 6.01. The third kappa shape index (κ3) is 3.95. The molecule has 0 spiro atoms. The van der Waals surface area contributed by atoms with E-state index in [0.717, 1.165) is 12.0 Å². The average molecular weight is 343 g/mol. The van der Waals surface area contributed by atoms with Gasteiger partial charge in [-0.1, -0.05) is 36.6 Å². The highest BCUT2D eigenvalue weighted by Crippen LogP contribution is 2.33. The van der Waals surface area contributed by atoms with Crippen LogP contribution in [0.1, 0.15) is 50.6 Å². The quantitative estimate of drug-likeness (QED) is 0.875. The van der Waals surface area contributed by atoms with Crippen molar-refractivity contribution >= 4 is 29.9 Å². The molecular weight excluding hydrogens is 319 g/mol. The standard InChI is InChI=1S/C17H23ClN2O.ClH/c1-11(12-6-4-7-14(18)9-12)19-17(21)16-10-13-5-2-3-8-15(13)20-16;/h4,6-7,9,11,13,15-16,20H,2-3,5,8,10H2,1H3,(H,19,21);1H. The van der Waals surface area contributed by atoms with Crippen molar-refractivity contribution in [3.63, 3.8) is 0 Å². The van der Waals surface area contributed by atoms with Crippen molar-refractivity contribution in [2.24, 2.45) is 5.92 Å². The van der Waals surface area contributed by atoms with Crippen LogP contribution in [0, 0.1) is 5.92 Å². The zero-order valence-electron chi connectivity index (χ0n) is 12.8. The second kappa shape index (κ2) is 7.67. The van der Waals surface area contributed by atoms with E-state index in [9.17, 15) is 4.79 Å². The molecule has 1 aliphatic carbocycles. The van der Waals surface area contributed by atoms with Gasteiger partial charge in [-0.2, -0.15) is 0 Å². The summed E-state index contributed by atoms with van der Waals surface area (Å²) in [6, 6.07) is 8.19. The topological polar surface area (TPSA) is 41.1 Å². The number of fused-ring (bicyclic) bond motifs is 1. The fourth-order valence-electron chi connectivity index (χ4n) is 3.69. The summed E-state index contributed by atoms with van der Waals surface area (Å²) < 4.78 is 0. The van der Waals surface area contributed by atoms with Gasteiger partial charge in [0, 0.05) is 11.1 Å². The molecule has 0 bridgehead atoms. The molecule has 5 heteroatoms. The van der Waals surface area contributed by atoms with E-state index < -0.39 is 0 Å². The van der Waals surface area contributed by atoms with Crippen LogP contribution in [0.15, 0.2) is 24.3 Å². The first-order chi connectivity index (χ1) is 10.1. The Morgan fingerprint density at radius 2 is 2.14 bits per heavy atom. The highest BCUT2D eigenvalue weighted by Gasteiger charge is 2.38. The molecule has 0 aromatic heterocycles. The van der Waals surface area contributed by atoms with E-state index in [4.69, 9.17) is 11.6 Å². The monoisotopic (exact) mass is 342 g/mol. The van der Waals surface area contributed by atoms with Crippen molar-refractivity contribution in [1.82, 2.24) is 10.6 Å². The van der Waals surface area contributed by atoms with Crippen LogP contribution in [0.5, 0.6) is 0 Å². The molecule has 1 heterocycles. The number of hydrogen-bond acceptors (Lipinski definition) is 2. The second-order valence-electron chi connectivity index (χ2n) is 6.39. The van der Waals surface area contributed by atoms with Gasteiger partial charge >= 0.3 is 0 Å². The number of hydrogen-bond donors (Lipinski definition) is 2. The van der Waals surface area contributed by atoms with Crippen molar-refractivity contribution in [2.45, 2.75) is 57.2 Å². The maximum Gasteiger partial charge on any atom is 0.237 e. The Morgan fingerprint density at radius 1 is 1.36 bits per heavy atom. The molecule has 3 nitrogen and oxygen atoms in total. The molecule has 4 unspecified atom stereocenters. The van der Waals surface area contributed by atoms with Crippen molar-refractivity contribution in [3.8, 4) is 0 Å². The molecule has 1 aromatic carbocycles. The number of carbonyl (C=O) groups is 1. The summed E-state index contributed by atoms with van der Waals surface area (Å²) in [7, 11) is 0. The Balaban J connectivity index is 0.00000176. The zero-order valence-corrected chi connectivity index (χ0v) is 14.4. The summed E-state index contributed by atoms with van der Waals surface area (Å²) in [5.74, 6) is 0.813. The van der Waals surface area contributed by atoms with Crippen molar-refractivity contribution < 1.29 is 4.79 Å². The maximum absolute atomic E-state index is 12.5. The van der Waals surface area contributed by atoms with Crippen LogP contribution < -0.4 is 10.6 Å². The predicted octanol–water partition coefficient (Wildman–Crippen LogP) is 3.86. The lowest BCUT2D eigenvalue weighted by Gasteiger charge is -2.24. The average Bonchev–Trinajstić information content (AvgIpc) is 2.91. The van der Waals surface area contributed by atoms with Gasteiger partial charge in [0.05, 0.1) is 12.1 Å². The second-order valence-corrected chi connectivity index (χ2v) is 6.83. The lowest BCUT2D eigenvalue weighted by Crippen LogP contribution is -2.43. The van der Waals surface area contributed by atoms with Crippen molar-refractivity contribution in [3.05, 3.63) is 34.9 Å². The van der Waals surface area contributed by atoms with Gasteiger partial charge in [-0.3, -0.25) is 4.79 Å². The fourth-order valence-corrected chi connectivity index (χ4v) is 3.89. The smallest absolute Gasteiger partial charge is 0.237 e. The first-order valence-electron chi connectivity index (χ1n) is 7.95. The minimum atomic E-state index is -0.0280. The van der Waals surface area contributed by atoms with Gasteiger partial charge in [-0.15, -0.1) is 12.4 Å². The number of nitrogens with one attached hydrogen (secondary N) is 2. The minimum Gasteiger partial charge on any atom is -0.348 e. The van der Waals surface area contributed by atoms with Crippen molar-refractivity contribution in [2.75, 3.05) is 0 Å². The summed E-state index contributed by atoms with van der Waals surface area (Å²) in [6.07, 6.45) is 6.08. The number of halogens is 2. The van der Waals surface area contributed by atoms with E-state index in [-0.39, 0.29) is 30.4 Å². The van der Waals surface area contributed by atoms with Crippen LogP contribution >= 0.6 is 24.0 Å². The van der Waals surface area contributed by atoms with Crippen LogP contribution in [0.4, 0.5) is 0 Å². The molecule has 1 aromatic rings. The predicted molar refractivity (Wildman–Crippen MR) is 92.5 cm³/mol. The summed E-state index contributed by atoms with van der Waals surface area (Å²) in [5, 5.41) is 7.34. The molecule has 2 fully saturated rings. The van der Waals surface area contributed by atoms with E-state index in [1.165, 1.54) is 25.7 Å². The van der Waals surface area contributed by atoms with Gasteiger partial charge in [-0.25, -0.2) is 0 Å². The van der Waals surface area contributed by atoms with E-state index in [1.54, 1.807) is 0 Å². The molecule has 1 aliphatic heterocycles.